The third-order valence-corrected chi connectivity index (χ3v) is 3.06. The van der Waals surface area contributed by atoms with Crippen molar-refractivity contribution in [1.29, 1.82) is 0 Å². The molecular weight excluding hydrogens is 274 g/mol. The van der Waals surface area contributed by atoms with Crippen LogP contribution in [0, 0.1) is 5.92 Å². The lowest BCUT2D eigenvalue weighted by Crippen LogP contribution is -2.44. The maximum absolute atomic E-state index is 11.9. The average molecular weight is 295 g/mol. The number of rotatable bonds is 7. The Bertz CT molecular complexity index is 513. The van der Waals surface area contributed by atoms with E-state index in [0.717, 1.165) is 5.56 Å². The van der Waals surface area contributed by atoms with Gasteiger partial charge >= 0.3 is 5.97 Å². The van der Waals surface area contributed by atoms with Gasteiger partial charge in [0.2, 0.25) is 5.91 Å². The molecule has 0 aliphatic heterocycles. The van der Waals surface area contributed by atoms with Gasteiger partial charge in [0.15, 0.2) is 11.5 Å². The topological polar surface area (TPSA) is 84.9 Å². The third-order valence-electron chi connectivity index (χ3n) is 3.06. The molecule has 6 heteroatoms. The summed E-state index contributed by atoms with van der Waals surface area (Å²) in [4.78, 5) is 23.0. The van der Waals surface area contributed by atoms with E-state index in [4.69, 9.17) is 14.6 Å². The number of amides is 1. The fourth-order valence-corrected chi connectivity index (χ4v) is 1.91. The van der Waals surface area contributed by atoms with Crippen LogP contribution in [0.25, 0.3) is 0 Å². The smallest absolute Gasteiger partial charge is 0.326 e. The lowest BCUT2D eigenvalue weighted by Gasteiger charge is -2.18. The van der Waals surface area contributed by atoms with Gasteiger partial charge < -0.3 is 19.9 Å². The van der Waals surface area contributed by atoms with E-state index in [1.54, 1.807) is 32.0 Å². The van der Waals surface area contributed by atoms with Crippen molar-refractivity contribution in [2.24, 2.45) is 5.92 Å². The molecule has 1 rings (SSSR count). The summed E-state index contributed by atoms with van der Waals surface area (Å²) in [6, 6.07) is 4.26. The average Bonchev–Trinajstić information content (AvgIpc) is 2.43. The highest BCUT2D eigenvalue weighted by Gasteiger charge is 2.23. The minimum atomic E-state index is -1.04. The number of hydrogen-bond donors (Lipinski definition) is 2. The van der Waals surface area contributed by atoms with E-state index >= 15 is 0 Å². The summed E-state index contributed by atoms with van der Waals surface area (Å²) < 4.78 is 10.3. The largest absolute Gasteiger partial charge is 0.493 e. The molecule has 1 atom stereocenters. The van der Waals surface area contributed by atoms with Crippen molar-refractivity contribution in [2.75, 3.05) is 14.2 Å². The number of hydrogen-bond acceptors (Lipinski definition) is 4. The normalized spacial score (nSPS) is 11.9. The summed E-state index contributed by atoms with van der Waals surface area (Å²) in [7, 11) is 3.05. The first-order valence-electron chi connectivity index (χ1n) is 6.62. The van der Waals surface area contributed by atoms with E-state index in [-0.39, 0.29) is 18.2 Å². The molecule has 6 nitrogen and oxygen atoms in total. The lowest BCUT2D eigenvalue weighted by molar-refractivity contribution is -0.143. The maximum Gasteiger partial charge on any atom is 0.326 e. The minimum Gasteiger partial charge on any atom is -0.493 e. The first-order valence-corrected chi connectivity index (χ1v) is 6.62. The van der Waals surface area contributed by atoms with Gasteiger partial charge in [-0.3, -0.25) is 4.79 Å². The molecule has 0 bridgehead atoms. The van der Waals surface area contributed by atoms with Crippen LogP contribution < -0.4 is 14.8 Å². The second-order valence-corrected chi connectivity index (χ2v) is 4.99. The molecule has 0 radical (unpaired) electrons. The van der Waals surface area contributed by atoms with Gasteiger partial charge in [0.05, 0.1) is 20.6 Å². The standard InChI is InChI=1S/C15H21NO5/c1-9(2)14(15(18)19)16-13(17)8-10-5-6-11(20-3)12(7-10)21-4/h5-7,9,14H,8H2,1-4H3,(H,16,17)(H,18,19). The second-order valence-electron chi connectivity index (χ2n) is 4.99. The van der Waals surface area contributed by atoms with E-state index in [0.29, 0.717) is 11.5 Å². The van der Waals surface area contributed by atoms with Gasteiger partial charge in [-0.1, -0.05) is 19.9 Å². The van der Waals surface area contributed by atoms with Gasteiger partial charge in [-0.05, 0) is 23.6 Å². The fourth-order valence-electron chi connectivity index (χ4n) is 1.91. The number of nitrogens with one attached hydrogen (secondary N) is 1. The van der Waals surface area contributed by atoms with E-state index in [1.807, 2.05) is 0 Å². The predicted octanol–water partition coefficient (Wildman–Crippen LogP) is 1.47. The van der Waals surface area contributed by atoms with Crippen LogP contribution in [0.3, 0.4) is 0 Å². The first kappa shape index (κ1) is 16.8. The van der Waals surface area contributed by atoms with Crippen molar-refractivity contribution in [1.82, 2.24) is 5.32 Å². The number of aliphatic carboxylic acids is 1. The van der Waals surface area contributed by atoms with Crippen molar-refractivity contribution < 1.29 is 24.2 Å². The van der Waals surface area contributed by atoms with Crippen molar-refractivity contribution in [3.63, 3.8) is 0 Å². The molecule has 0 aliphatic rings. The molecule has 0 aromatic heterocycles. The molecular formula is C15H21NO5. The summed E-state index contributed by atoms with van der Waals surface area (Å²) in [6.07, 6.45) is 0.0802. The monoisotopic (exact) mass is 295 g/mol. The van der Waals surface area contributed by atoms with Crippen LogP contribution in [0.1, 0.15) is 19.4 Å². The van der Waals surface area contributed by atoms with Gasteiger partial charge in [0, 0.05) is 0 Å². The Labute approximate surface area is 124 Å². The van der Waals surface area contributed by atoms with Gasteiger partial charge in [0.1, 0.15) is 6.04 Å². The number of carboxylic acid groups (broad SMARTS) is 1. The molecule has 0 spiro atoms. The van der Waals surface area contributed by atoms with Crippen LogP contribution in [0.15, 0.2) is 18.2 Å². The lowest BCUT2D eigenvalue weighted by atomic mass is 10.0. The molecule has 0 saturated carbocycles. The quantitative estimate of drug-likeness (QED) is 0.795. The highest BCUT2D eigenvalue weighted by Crippen LogP contribution is 2.27. The van der Waals surface area contributed by atoms with Crippen molar-refractivity contribution in [3.05, 3.63) is 23.8 Å². The van der Waals surface area contributed by atoms with Gasteiger partial charge in [-0.15, -0.1) is 0 Å². The Hall–Kier alpha value is -2.24. The van der Waals surface area contributed by atoms with Crippen molar-refractivity contribution in [3.8, 4) is 11.5 Å². The molecule has 2 N–H and O–H groups in total. The van der Waals surface area contributed by atoms with Gasteiger partial charge in [0.25, 0.3) is 0 Å². The summed E-state index contributed by atoms with van der Waals surface area (Å²) >= 11 is 0. The van der Waals surface area contributed by atoms with Crippen molar-refractivity contribution >= 4 is 11.9 Å². The van der Waals surface area contributed by atoms with Crippen molar-refractivity contribution in [2.45, 2.75) is 26.3 Å². The molecule has 1 aromatic carbocycles. The SMILES string of the molecule is COc1ccc(CC(=O)NC(C(=O)O)C(C)C)cc1OC. The van der Waals surface area contributed by atoms with E-state index in [1.165, 1.54) is 14.2 Å². The Morgan fingerprint density at radius 3 is 2.29 bits per heavy atom. The van der Waals surface area contributed by atoms with Crippen LogP contribution in [0.4, 0.5) is 0 Å². The molecule has 21 heavy (non-hydrogen) atoms. The first-order chi connectivity index (χ1) is 9.88. The number of carboxylic acids is 1. The number of benzene rings is 1. The van der Waals surface area contributed by atoms with E-state index < -0.39 is 12.0 Å². The zero-order chi connectivity index (χ0) is 16.0. The number of carbonyl (C=O) groups is 2. The van der Waals surface area contributed by atoms with Gasteiger partial charge in [-0.25, -0.2) is 4.79 Å². The molecule has 1 aromatic rings. The van der Waals surface area contributed by atoms with Gasteiger partial charge in [-0.2, -0.15) is 0 Å². The molecule has 1 unspecified atom stereocenters. The molecule has 0 saturated heterocycles. The number of carbonyl (C=O) groups excluding carboxylic acids is 1. The van der Waals surface area contributed by atoms with Crippen LogP contribution in [-0.2, 0) is 16.0 Å². The predicted molar refractivity (Wildman–Crippen MR) is 77.7 cm³/mol. The maximum atomic E-state index is 11.9. The second kappa shape index (κ2) is 7.52. The number of ether oxygens (including phenoxy) is 2. The summed E-state index contributed by atoms with van der Waals surface area (Å²) in [5.74, 6) is -0.459. The Morgan fingerprint density at radius 1 is 1.19 bits per heavy atom. The highest BCUT2D eigenvalue weighted by molar-refractivity contribution is 5.85. The third kappa shape index (κ3) is 4.66. The minimum absolute atomic E-state index is 0.0802. The zero-order valence-corrected chi connectivity index (χ0v) is 12.7. The van der Waals surface area contributed by atoms with Crippen LogP contribution in [-0.4, -0.2) is 37.2 Å². The van der Waals surface area contributed by atoms with Crippen LogP contribution >= 0.6 is 0 Å². The molecule has 1 amide bonds. The van der Waals surface area contributed by atoms with E-state index in [9.17, 15) is 9.59 Å². The van der Waals surface area contributed by atoms with Crippen LogP contribution in [0.2, 0.25) is 0 Å². The summed E-state index contributed by atoms with van der Waals surface area (Å²) in [6.45, 7) is 3.49. The molecule has 0 aliphatic carbocycles. The number of methoxy groups -OCH3 is 2. The Kier molecular flexibility index (Phi) is 6.02. The Balaban J connectivity index is 2.77. The molecule has 0 fully saturated rings. The van der Waals surface area contributed by atoms with E-state index in [2.05, 4.69) is 5.32 Å². The molecule has 116 valence electrons. The zero-order valence-electron chi connectivity index (χ0n) is 12.7. The highest BCUT2D eigenvalue weighted by atomic mass is 16.5. The summed E-state index contributed by atoms with van der Waals surface area (Å²) in [5, 5.41) is 11.6. The Morgan fingerprint density at radius 2 is 1.81 bits per heavy atom. The fraction of sp³-hybridized carbons (Fsp3) is 0.467. The molecule has 0 heterocycles. The van der Waals surface area contributed by atoms with Crippen LogP contribution in [0.5, 0.6) is 11.5 Å². The summed E-state index contributed by atoms with van der Waals surface area (Å²) in [5.41, 5.74) is 0.720.